The maximum Gasteiger partial charge on any atom is 0.337 e. The molecule has 0 atom stereocenters. The topological polar surface area (TPSA) is 123 Å². The zero-order valence-electron chi connectivity index (χ0n) is 16.8. The summed E-state index contributed by atoms with van der Waals surface area (Å²) in [5.74, 6) is 0.0576. The molecule has 0 aliphatic carbocycles. The average Bonchev–Trinajstić information content (AvgIpc) is 3.08. The van der Waals surface area contributed by atoms with Gasteiger partial charge in [0.2, 0.25) is 11.8 Å². The van der Waals surface area contributed by atoms with E-state index in [0.717, 1.165) is 0 Å². The number of hydrogen-bond donors (Lipinski definition) is 2. The zero-order chi connectivity index (χ0) is 21.7. The third-order valence-electron chi connectivity index (χ3n) is 4.44. The van der Waals surface area contributed by atoms with Crippen LogP contribution in [0, 0.1) is 0 Å². The summed E-state index contributed by atoms with van der Waals surface area (Å²) in [6, 6.07) is 8.59. The number of β-amino-alcohol motifs (C(OH)–C–C–N with tert-alkyl or cyclic N) is 1. The Morgan fingerprint density at radius 1 is 1.17 bits per heavy atom. The first-order chi connectivity index (χ1) is 14.5. The van der Waals surface area contributed by atoms with Crippen molar-refractivity contribution in [3.05, 3.63) is 41.6 Å². The Morgan fingerprint density at radius 3 is 2.47 bits per heavy atom. The van der Waals surface area contributed by atoms with Crippen molar-refractivity contribution in [2.45, 2.75) is 0 Å². The number of hydrogen-bond acceptors (Lipinski definition) is 9. The second-order valence-electron chi connectivity index (χ2n) is 6.28. The summed E-state index contributed by atoms with van der Waals surface area (Å²) in [7, 11) is 4.24. The molecule has 3 rings (SSSR count). The lowest BCUT2D eigenvalue weighted by Gasteiger charge is -2.15. The van der Waals surface area contributed by atoms with Crippen LogP contribution in [0.25, 0.3) is 11.4 Å². The predicted molar refractivity (Wildman–Crippen MR) is 107 cm³/mol. The second-order valence-corrected chi connectivity index (χ2v) is 6.28. The molecule has 158 valence electrons. The molecule has 0 fully saturated rings. The number of amides is 1. The molecular formula is C20H22N4O6. The fourth-order valence-electron chi connectivity index (χ4n) is 2.97. The van der Waals surface area contributed by atoms with Crippen molar-refractivity contribution in [2.75, 3.05) is 46.3 Å². The lowest BCUT2D eigenvalue weighted by atomic mass is 10.1. The van der Waals surface area contributed by atoms with E-state index < -0.39 is 11.9 Å². The zero-order valence-corrected chi connectivity index (χ0v) is 16.8. The molecule has 0 saturated heterocycles. The Bertz CT molecular complexity index is 969. The number of anilines is 1. The number of aliphatic hydroxyl groups is 1. The van der Waals surface area contributed by atoms with Gasteiger partial charge in [0.1, 0.15) is 5.70 Å². The molecule has 2 heterocycles. The highest BCUT2D eigenvalue weighted by Gasteiger charge is 2.34. The van der Waals surface area contributed by atoms with Crippen LogP contribution in [-0.2, 0) is 14.3 Å². The van der Waals surface area contributed by atoms with Gasteiger partial charge in [0.05, 0.1) is 46.1 Å². The molecule has 2 aromatic rings. The van der Waals surface area contributed by atoms with Crippen LogP contribution < -0.4 is 14.8 Å². The standard InChI is InChI=1S/C20H22N4O6/c1-28-15-10-16(29-2)23-18(22-15)12-5-4-6-13(9-12)21-17-14(20(27)30-3)11-24(7-8-25)19(17)26/h4-6,9-10,21,25H,7-8,11H2,1-3H3. The number of carbonyl (C=O) groups is 2. The molecule has 1 aromatic heterocycles. The molecule has 30 heavy (non-hydrogen) atoms. The van der Waals surface area contributed by atoms with E-state index in [-0.39, 0.29) is 31.0 Å². The molecular weight excluding hydrogens is 392 g/mol. The Balaban J connectivity index is 1.94. The first kappa shape index (κ1) is 21.1. The van der Waals surface area contributed by atoms with E-state index in [0.29, 0.717) is 28.8 Å². The minimum atomic E-state index is -0.608. The minimum Gasteiger partial charge on any atom is -0.481 e. The number of aliphatic hydroxyl groups excluding tert-OH is 1. The molecule has 1 amide bonds. The lowest BCUT2D eigenvalue weighted by Crippen LogP contribution is -2.31. The molecule has 0 spiro atoms. The number of methoxy groups -OCH3 is 3. The maximum absolute atomic E-state index is 12.7. The molecule has 0 saturated carbocycles. The molecule has 0 unspecified atom stereocenters. The van der Waals surface area contributed by atoms with Crippen molar-refractivity contribution in [1.29, 1.82) is 0 Å². The fraction of sp³-hybridized carbons (Fsp3) is 0.300. The van der Waals surface area contributed by atoms with Gasteiger partial charge in [0.25, 0.3) is 5.91 Å². The smallest absolute Gasteiger partial charge is 0.337 e. The fourth-order valence-corrected chi connectivity index (χ4v) is 2.97. The Labute approximate surface area is 173 Å². The summed E-state index contributed by atoms with van der Waals surface area (Å²) in [5, 5.41) is 12.2. The summed E-state index contributed by atoms with van der Waals surface area (Å²) in [6.07, 6.45) is 0. The molecule has 1 aliphatic rings. The molecule has 1 aromatic carbocycles. The van der Waals surface area contributed by atoms with Gasteiger partial charge >= 0.3 is 5.97 Å². The number of nitrogens with zero attached hydrogens (tertiary/aromatic N) is 3. The van der Waals surface area contributed by atoms with E-state index in [4.69, 9.17) is 19.3 Å². The van der Waals surface area contributed by atoms with Gasteiger partial charge in [-0.1, -0.05) is 12.1 Å². The van der Waals surface area contributed by atoms with Crippen molar-refractivity contribution < 1.29 is 28.9 Å². The number of nitrogens with one attached hydrogen (secondary N) is 1. The van der Waals surface area contributed by atoms with Crippen LogP contribution >= 0.6 is 0 Å². The van der Waals surface area contributed by atoms with E-state index in [1.807, 2.05) is 0 Å². The van der Waals surface area contributed by atoms with Crippen molar-refractivity contribution >= 4 is 17.6 Å². The monoisotopic (exact) mass is 414 g/mol. The number of ether oxygens (including phenoxy) is 3. The van der Waals surface area contributed by atoms with Crippen LogP contribution in [0.2, 0.25) is 0 Å². The van der Waals surface area contributed by atoms with Crippen molar-refractivity contribution in [3.8, 4) is 23.1 Å². The highest BCUT2D eigenvalue weighted by molar-refractivity contribution is 6.08. The molecule has 0 radical (unpaired) electrons. The van der Waals surface area contributed by atoms with Gasteiger partial charge in [-0.15, -0.1) is 0 Å². The normalized spacial score (nSPS) is 13.5. The van der Waals surface area contributed by atoms with Gasteiger partial charge < -0.3 is 29.5 Å². The number of aromatic nitrogens is 2. The Morgan fingerprint density at radius 2 is 1.87 bits per heavy atom. The first-order valence-electron chi connectivity index (χ1n) is 9.06. The van der Waals surface area contributed by atoms with E-state index in [1.165, 1.54) is 26.2 Å². The number of benzene rings is 1. The van der Waals surface area contributed by atoms with Gasteiger partial charge in [-0.05, 0) is 12.1 Å². The van der Waals surface area contributed by atoms with E-state index >= 15 is 0 Å². The van der Waals surface area contributed by atoms with Crippen LogP contribution in [0.15, 0.2) is 41.6 Å². The van der Waals surface area contributed by atoms with Crippen molar-refractivity contribution in [2.24, 2.45) is 0 Å². The summed E-state index contributed by atoms with van der Waals surface area (Å²) in [6.45, 7) is -0.0375. The van der Waals surface area contributed by atoms with Gasteiger partial charge in [-0.25, -0.2) is 4.79 Å². The quantitative estimate of drug-likeness (QED) is 0.605. The Hall–Kier alpha value is -3.66. The minimum absolute atomic E-state index is 0.0598. The van der Waals surface area contributed by atoms with Crippen LogP contribution in [0.1, 0.15) is 0 Å². The maximum atomic E-state index is 12.7. The molecule has 10 nitrogen and oxygen atoms in total. The molecule has 2 N–H and O–H groups in total. The van der Waals surface area contributed by atoms with Crippen LogP contribution in [-0.4, -0.2) is 72.9 Å². The molecule has 1 aliphatic heterocycles. The van der Waals surface area contributed by atoms with Gasteiger partial charge in [-0.3, -0.25) is 4.79 Å². The second kappa shape index (κ2) is 9.23. The molecule has 0 bridgehead atoms. The van der Waals surface area contributed by atoms with Crippen LogP contribution in [0.3, 0.4) is 0 Å². The average molecular weight is 414 g/mol. The summed E-state index contributed by atoms with van der Waals surface area (Å²) >= 11 is 0. The van der Waals surface area contributed by atoms with Gasteiger partial charge in [0, 0.05) is 17.8 Å². The summed E-state index contributed by atoms with van der Waals surface area (Å²) < 4.78 is 15.2. The molecule has 10 heteroatoms. The van der Waals surface area contributed by atoms with Crippen LogP contribution in [0.5, 0.6) is 11.8 Å². The third-order valence-corrected chi connectivity index (χ3v) is 4.44. The Kier molecular flexibility index (Phi) is 6.48. The SMILES string of the molecule is COC(=O)C1=C(Nc2cccc(-c3nc(OC)cc(OC)n3)c2)C(=O)N(CCO)C1. The highest BCUT2D eigenvalue weighted by Crippen LogP contribution is 2.27. The lowest BCUT2D eigenvalue weighted by molar-refractivity contribution is -0.136. The highest BCUT2D eigenvalue weighted by atomic mass is 16.5. The summed E-state index contributed by atoms with van der Waals surface area (Å²) in [4.78, 5) is 34.8. The number of esters is 1. The van der Waals surface area contributed by atoms with E-state index in [9.17, 15) is 9.59 Å². The van der Waals surface area contributed by atoms with Gasteiger partial charge in [0.15, 0.2) is 5.82 Å². The van der Waals surface area contributed by atoms with Crippen LogP contribution in [0.4, 0.5) is 5.69 Å². The first-order valence-corrected chi connectivity index (χ1v) is 9.06. The number of carbonyl (C=O) groups excluding carboxylic acids is 2. The third kappa shape index (κ3) is 4.33. The van der Waals surface area contributed by atoms with Crippen molar-refractivity contribution in [3.63, 3.8) is 0 Å². The van der Waals surface area contributed by atoms with E-state index in [2.05, 4.69) is 15.3 Å². The van der Waals surface area contributed by atoms with E-state index in [1.54, 1.807) is 30.3 Å². The predicted octanol–water partition coefficient (Wildman–Crippen LogP) is 0.834. The number of rotatable bonds is 8. The van der Waals surface area contributed by atoms with Gasteiger partial charge in [-0.2, -0.15) is 9.97 Å². The largest absolute Gasteiger partial charge is 0.481 e. The summed E-state index contributed by atoms with van der Waals surface area (Å²) in [5.41, 5.74) is 1.50. The van der Waals surface area contributed by atoms with Crippen molar-refractivity contribution in [1.82, 2.24) is 14.9 Å².